The van der Waals surface area contributed by atoms with Crippen molar-refractivity contribution in [2.24, 2.45) is 5.73 Å². The van der Waals surface area contributed by atoms with E-state index in [0.29, 0.717) is 5.65 Å². The van der Waals surface area contributed by atoms with Crippen molar-refractivity contribution in [1.82, 2.24) is 19.6 Å². The first-order chi connectivity index (χ1) is 16.0. The second-order valence-electron chi connectivity index (χ2n) is 7.25. The highest BCUT2D eigenvalue weighted by atomic mass is 16.1. The average Bonchev–Trinajstić information content (AvgIpc) is 3.19. The molecule has 0 radical (unpaired) electrons. The Balaban J connectivity index is 0.000000172. The van der Waals surface area contributed by atoms with Gasteiger partial charge >= 0.3 is 0 Å². The Kier molecular flexibility index (Phi) is 6.00. The molecule has 5 rings (SSSR count). The summed E-state index contributed by atoms with van der Waals surface area (Å²) in [5, 5.41) is 4.97. The van der Waals surface area contributed by atoms with Crippen LogP contribution in [0.5, 0.6) is 0 Å². The van der Waals surface area contributed by atoms with Crippen LogP contribution in [0.4, 0.5) is 5.82 Å². The van der Waals surface area contributed by atoms with E-state index in [0.717, 1.165) is 34.1 Å². The molecule has 1 amide bonds. The van der Waals surface area contributed by atoms with Gasteiger partial charge in [0, 0.05) is 23.3 Å². The zero-order valence-electron chi connectivity index (χ0n) is 18.1. The molecule has 0 spiro atoms. The maximum Gasteiger partial charge on any atom is 0.256 e. The van der Waals surface area contributed by atoms with Gasteiger partial charge in [-0.3, -0.25) is 4.79 Å². The predicted molar refractivity (Wildman–Crippen MR) is 130 cm³/mol. The summed E-state index contributed by atoms with van der Waals surface area (Å²) in [5.74, 6) is 2.21. The van der Waals surface area contributed by atoms with E-state index in [-0.39, 0.29) is 11.4 Å². The number of hydrogen-bond acceptors (Lipinski definition) is 5. The van der Waals surface area contributed by atoms with E-state index < -0.39 is 5.91 Å². The Labute approximate surface area is 191 Å². The van der Waals surface area contributed by atoms with Crippen LogP contribution in [0.25, 0.3) is 27.8 Å². The van der Waals surface area contributed by atoms with Crippen LogP contribution in [0.2, 0.25) is 0 Å². The molecule has 0 aliphatic heterocycles. The largest absolute Gasteiger partial charge is 0.381 e. The number of benzene rings is 2. The molecule has 2 aromatic carbocycles. The smallest absolute Gasteiger partial charge is 0.256 e. The van der Waals surface area contributed by atoms with Gasteiger partial charge in [-0.15, -0.1) is 11.5 Å². The summed E-state index contributed by atoms with van der Waals surface area (Å²) in [5.41, 5.74) is 16.3. The van der Waals surface area contributed by atoms with Gasteiger partial charge < -0.3 is 11.5 Å². The molecule has 5 aromatic rings. The third-order valence-electron chi connectivity index (χ3n) is 5.18. The summed E-state index contributed by atoms with van der Waals surface area (Å²) in [6.45, 7) is 2.15. The molecule has 3 heterocycles. The number of nitrogen functional groups attached to an aromatic ring is 1. The van der Waals surface area contributed by atoms with E-state index >= 15 is 0 Å². The third kappa shape index (κ3) is 4.23. The summed E-state index contributed by atoms with van der Waals surface area (Å²) in [6.07, 6.45) is 9.73. The highest BCUT2D eigenvalue weighted by Crippen LogP contribution is 2.27. The molecule has 162 valence electrons. The number of aromatic nitrogens is 4. The minimum atomic E-state index is -0.619. The van der Waals surface area contributed by atoms with Crippen molar-refractivity contribution >= 4 is 28.3 Å². The van der Waals surface area contributed by atoms with E-state index in [2.05, 4.69) is 47.2 Å². The Hall–Kier alpha value is -4.70. The highest BCUT2D eigenvalue weighted by Gasteiger charge is 2.15. The number of carbonyl (C=O) groups excluding carboxylic acids is 1. The quantitative estimate of drug-likeness (QED) is 0.419. The van der Waals surface area contributed by atoms with Crippen molar-refractivity contribution < 1.29 is 4.79 Å². The summed E-state index contributed by atoms with van der Waals surface area (Å²) >= 11 is 0. The molecule has 0 saturated heterocycles. The normalized spacial score (nSPS) is 10.4. The average molecular weight is 435 g/mol. The van der Waals surface area contributed by atoms with Crippen LogP contribution in [0.1, 0.15) is 28.4 Å². The van der Waals surface area contributed by atoms with Gasteiger partial charge in [0.15, 0.2) is 11.5 Å². The monoisotopic (exact) mass is 434 g/mol. The van der Waals surface area contributed by atoms with Crippen molar-refractivity contribution in [3.63, 3.8) is 0 Å². The number of para-hydroxylation sites is 1. The topological polar surface area (TPSA) is 112 Å². The van der Waals surface area contributed by atoms with Gasteiger partial charge in [0.2, 0.25) is 0 Å². The van der Waals surface area contributed by atoms with Crippen LogP contribution in [0.15, 0.2) is 73.1 Å². The fraction of sp³-hybridized carbons (Fsp3) is 0.0769. The summed E-state index contributed by atoms with van der Waals surface area (Å²) < 4.78 is 1.41. The van der Waals surface area contributed by atoms with Crippen molar-refractivity contribution in [3.05, 3.63) is 89.7 Å². The lowest BCUT2D eigenvalue weighted by molar-refractivity contribution is 0.100. The molecular formula is C26H22N6O. The van der Waals surface area contributed by atoms with E-state index in [1.165, 1.54) is 10.1 Å². The van der Waals surface area contributed by atoms with Crippen LogP contribution in [0, 0.1) is 12.3 Å². The number of amides is 1. The predicted octanol–water partition coefficient (Wildman–Crippen LogP) is 3.86. The maximum atomic E-state index is 10.9. The number of primary amides is 1. The van der Waals surface area contributed by atoms with Gasteiger partial charge in [-0.1, -0.05) is 55.3 Å². The van der Waals surface area contributed by atoms with Gasteiger partial charge in [-0.05, 0) is 30.2 Å². The van der Waals surface area contributed by atoms with E-state index in [1.807, 2.05) is 30.3 Å². The second-order valence-corrected chi connectivity index (χ2v) is 7.25. The number of carbonyl (C=O) groups is 1. The summed E-state index contributed by atoms with van der Waals surface area (Å²) in [7, 11) is 0. The van der Waals surface area contributed by atoms with Crippen molar-refractivity contribution in [2.45, 2.75) is 13.3 Å². The third-order valence-corrected chi connectivity index (χ3v) is 5.18. The Morgan fingerprint density at radius 1 is 1.12 bits per heavy atom. The molecule has 4 N–H and O–H groups in total. The molecule has 7 nitrogen and oxygen atoms in total. The lowest BCUT2D eigenvalue weighted by atomic mass is 10.0. The Morgan fingerprint density at radius 2 is 1.91 bits per heavy atom. The number of terminal acetylenes is 1. The molecule has 0 aliphatic rings. The minimum absolute atomic E-state index is 0.103. The number of nitrogens with zero attached hydrogens (tertiary/aromatic N) is 4. The standard InChI is InChI=1S/C19H15N.C7H7N5O/c1-3-14-11-8-12-17-13-15(4-2)19(20-18(14)17)16-9-6-5-7-10-16;8-5-4(6(9)13)7-10-2-1-3-12(7)11-5/h1,5-13H,4H2,2H3;1-3H,(H2,8,11)(H2,9,13). The number of pyridine rings is 1. The zero-order valence-corrected chi connectivity index (χ0v) is 18.1. The highest BCUT2D eigenvalue weighted by molar-refractivity contribution is 6.03. The molecule has 3 aromatic heterocycles. The Bertz CT molecular complexity index is 1500. The molecule has 0 fully saturated rings. The molecule has 0 saturated carbocycles. The van der Waals surface area contributed by atoms with Crippen LogP contribution >= 0.6 is 0 Å². The van der Waals surface area contributed by atoms with E-state index in [9.17, 15) is 4.79 Å². The second kappa shape index (κ2) is 9.20. The summed E-state index contributed by atoms with van der Waals surface area (Å²) in [6, 6.07) is 20.1. The van der Waals surface area contributed by atoms with E-state index in [4.69, 9.17) is 22.9 Å². The fourth-order valence-electron chi connectivity index (χ4n) is 3.61. The lowest BCUT2D eigenvalue weighted by Crippen LogP contribution is -2.12. The molecule has 0 atom stereocenters. The van der Waals surface area contributed by atoms with Gasteiger partial charge in [-0.25, -0.2) is 14.5 Å². The molecule has 0 aliphatic carbocycles. The van der Waals surface area contributed by atoms with Gasteiger partial charge in [0.05, 0.1) is 16.8 Å². The molecule has 33 heavy (non-hydrogen) atoms. The minimum Gasteiger partial charge on any atom is -0.381 e. The van der Waals surface area contributed by atoms with Crippen LogP contribution < -0.4 is 11.5 Å². The number of aryl methyl sites for hydroxylation is 1. The number of anilines is 1. The van der Waals surface area contributed by atoms with Crippen molar-refractivity contribution in [1.29, 1.82) is 0 Å². The maximum absolute atomic E-state index is 10.9. The number of hydrogen-bond donors (Lipinski definition) is 2. The fourth-order valence-corrected chi connectivity index (χ4v) is 3.61. The van der Waals surface area contributed by atoms with Crippen LogP contribution in [-0.2, 0) is 6.42 Å². The SMILES string of the molecule is C#Cc1cccc2cc(CC)c(-c3ccccc3)nc12.NC(=O)c1c(N)nn2cccnc12. The number of fused-ring (bicyclic) bond motifs is 2. The van der Waals surface area contributed by atoms with Crippen LogP contribution in [-0.4, -0.2) is 25.5 Å². The molecule has 0 unspecified atom stereocenters. The van der Waals surface area contributed by atoms with Gasteiger partial charge in [-0.2, -0.15) is 0 Å². The first kappa shape index (κ1) is 21.5. The van der Waals surface area contributed by atoms with E-state index in [1.54, 1.807) is 18.5 Å². The first-order valence-corrected chi connectivity index (χ1v) is 10.4. The molecule has 7 heteroatoms. The first-order valence-electron chi connectivity index (χ1n) is 10.4. The number of nitrogens with two attached hydrogens (primary N) is 2. The zero-order chi connectivity index (χ0) is 23.4. The number of rotatable bonds is 3. The van der Waals surface area contributed by atoms with Gasteiger partial charge in [0.1, 0.15) is 5.56 Å². The molecule has 0 bridgehead atoms. The Morgan fingerprint density at radius 3 is 2.61 bits per heavy atom. The molecular weight excluding hydrogens is 412 g/mol. The van der Waals surface area contributed by atoms with Crippen molar-refractivity contribution in [3.8, 4) is 23.6 Å². The van der Waals surface area contributed by atoms with Gasteiger partial charge in [0.25, 0.3) is 5.91 Å². The van der Waals surface area contributed by atoms with Crippen LogP contribution in [0.3, 0.4) is 0 Å². The van der Waals surface area contributed by atoms with Crippen molar-refractivity contribution in [2.75, 3.05) is 5.73 Å². The summed E-state index contributed by atoms with van der Waals surface area (Å²) in [4.78, 5) is 19.7. The lowest BCUT2D eigenvalue weighted by Gasteiger charge is -2.10.